The van der Waals surface area contributed by atoms with Gasteiger partial charge in [0.05, 0.1) is 23.4 Å². The smallest absolute Gasteiger partial charge is 0.316 e. The topological polar surface area (TPSA) is 84.0 Å². The fourth-order valence-electron chi connectivity index (χ4n) is 6.07. The van der Waals surface area contributed by atoms with Gasteiger partial charge in [0, 0.05) is 24.7 Å². The SMILES string of the molecule is CCc1ccc(N2C[C@@H](C(=O)Oc3cccc(N4C(=O)[C@@H]5[C@H](C4=O)[C@H]4C=C[C@H]5C4)c3)CC2=O)cc1. The number of allylic oxidation sites excluding steroid dienone is 2. The van der Waals surface area contributed by atoms with Gasteiger partial charge < -0.3 is 9.64 Å². The Kier molecular flexibility index (Phi) is 5.09. The summed E-state index contributed by atoms with van der Waals surface area (Å²) < 4.78 is 5.61. The third kappa shape index (κ3) is 3.49. The molecule has 7 nitrogen and oxygen atoms in total. The van der Waals surface area contributed by atoms with Gasteiger partial charge in [0.2, 0.25) is 17.7 Å². The zero-order valence-electron chi connectivity index (χ0n) is 19.4. The van der Waals surface area contributed by atoms with E-state index in [1.165, 1.54) is 10.5 Å². The summed E-state index contributed by atoms with van der Waals surface area (Å²) in [5.74, 6) is -1.61. The molecule has 0 unspecified atom stereocenters. The molecule has 5 atom stereocenters. The molecule has 3 fully saturated rings. The van der Waals surface area contributed by atoms with E-state index in [1.54, 1.807) is 29.2 Å². The second-order valence-corrected chi connectivity index (χ2v) is 9.86. The molecule has 0 N–H and O–H groups in total. The van der Waals surface area contributed by atoms with Crippen LogP contribution in [0.25, 0.3) is 0 Å². The molecule has 2 aromatic rings. The highest BCUT2D eigenvalue weighted by Gasteiger charge is 2.59. The minimum atomic E-state index is -0.590. The van der Waals surface area contributed by atoms with Gasteiger partial charge in [-0.1, -0.05) is 37.3 Å². The van der Waals surface area contributed by atoms with Crippen LogP contribution >= 0.6 is 0 Å². The average molecular weight is 471 g/mol. The molecule has 0 spiro atoms. The predicted octanol–water partition coefficient (Wildman–Crippen LogP) is 3.52. The summed E-state index contributed by atoms with van der Waals surface area (Å²) in [5.41, 5.74) is 2.36. The number of amides is 3. The van der Waals surface area contributed by atoms with E-state index in [4.69, 9.17) is 4.74 Å². The molecule has 3 amide bonds. The number of benzene rings is 2. The lowest BCUT2D eigenvalue weighted by Gasteiger charge is -2.18. The number of aryl methyl sites for hydroxylation is 1. The van der Waals surface area contributed by atoms with E-state index in [0.29, 0.717) is 5.69 Å². The van der Waals surface area contributed by atoms with Crippen molar-refractivity contribution in [3.05, 3.63) is 66.2 Å². The first-order chi connectivity index (χ1) is 16.9. The van der Waals surface area contributed by atoms with Crippen LogP contribution in [-0.2, 0) is 25.6 Å². The molecular weight excluding hydrogens is 444 g/mol. The predicted molar refractivity (Wildman–Crippen MR) is 129 cm³/mol. The Balaban J connectivity index is 1.15. The van der Waals surface area contributed by atoms with Crippen LogP contribution in [-0.4, -0.2) is 30.2 Å². The van der Waals surface area contributed by atoms with Crippen molar-refractivity contribution >= 4 is 35.1 Å². The van der Waals surface area contributed by atoms with Gasteiger partial charge in [0.25, 0.3) is 0 Å². The Hall–Kier alpha value is -3.74. The Morgan fingerprint density at radius 2 is 1.63 bits per heavy atom. The Labute approximate surface area is 203 Å². The van der Waals surface area contributed by atoms with Gasteiger partial charge in [-0.3, -0.25) is 19.2 Å². The molecule has 2 heterocycles. The van der Waals surface area contributed by atoms with Crippen LogP contribution in [0.5, 0.6) is 5.75 Å². The van der Waals surface area contributed by atoms with E-state index in [0.717, 1.165) is 18.5 Å². The molecule has 1 saturated carbocycles. The van der Waals surface area contributed by atoms with Gasteiger partial charge in [0.15, 0.2) is 0 Å². The first-order valence-electron chi connectivity index (χ1n) is 12.2. The second-order valence-electron chi connectivity index (χ2n) is 9.86. The van der Waals surface area contributed by atoms with Gasteiger partial charge >= 0.3 is 5.97 Å². The summed E-state index contributed by atoms with van der Waals surface area (Å²) in [5, 5.41) is 0. The summed E-state index contributed by atoms with van der Waals surface area (Å²) in [6.07, 6.45) is 5.98. The minimum Gasteiger partial charge on any atom is -0.426 e. The van der Waals surface area contributed by atoms with E-state index >= 15 is 0 Å². The van der Waals surface area contributed by atoms with E-state index in [1.807, 2.05) is 24.3 Å². The number of nitrogens with zero attached hydrogens (tertiary/aromatic N) is 2. The normalized spacial score (nSPS) is 28.8. The molecule has 0 aromatic heterocycles. The number of hydrogen-bond donors (Lipinski definition) is 0. The molecule has 2 saturated heterocycles. The first-order valence-corrected chi connectivity index (χ1v) is 12.2. The van der Waals surface area contributed by atoms with E-state index in [2.05, 4.69) is 19.1 Å². The Bertz CT molecular complexity index is 1240. The van der Waals surface area contributed by atoms with Crippen molar-refractivity contribution in [2.24, 2.45) is 29.6 Å². The van der Waals surface area contributed by atoms with Crippen LogP contribution < -0.4 is 14.5 Å². The molecule has 0 radical (unpaired) electrons. The number of imide groups is 1. The lowest BCUT2D eigenvalue weighted by Crippen LogP contribution is -2.32. The van der Waals surface area contributed by atoms with Crippen LogP contribution in [0.2, 0.25) is 0 Å². The molecule has 2 aromatic carbocycles. The Morgan fingerprint density at radius 1 is 0.943 bits per heavy atom. The van der Waals surface area contributed by atoms with Gasteiger partial charge in [0.1, 0.15) is 5.75 Å². The number of carbonyl (C=O) groups is 4. The van der Waals surface area contributed by atoms with Crippen molar-refractivity contribution in [2.75, 3.05) is 16.3 Å². The number of esters is 1. The van der Waals surface area contributed by atoms with Crippen molar-refractivity contribution in [1.82, 2.24) is 0 Å². The number of rotatable bonds is 5. The second kappa shape index (κ2) is 8.18. The molecule has 35 heavy (non-hydrogen) atoms. The van der Waals surface area contributed by atoms with Crippen LogP contribution in [0.3, 0.4) is 0 Å². The molecule has 2 bridgehead atoms. The standard InChI is InChI=1S/C28H26N2O5/c1-2-16-6-10-20(11-7-16)29-15-19(13-23(29)31)28(34)35-22-5-3-4-21(14-22)30-26(32)24-17-8-9-18(12-17)25(24)27(30)33/h3-11,14,17-19,24-25H,2,12-13,15H2,1H3/t17-,18-,19-,24-,25+/m0/s1. The fraction of sp³-hybridized carbons (Fsp3) is 0.357. The molecule has 2 aliphatic carbocycles. The van der Waals surface area contributed by atoms with Crippen LogP contribution in [0, 0.1) is 29.6 Å². The molecular formula is C28H26N2O5. The quantitative estimate of drug-likeness (QED) is 0.289. The zero-order valence-corrected chi connectivity index (χ0v) is 19.4. The summed E-state index contributed by atoms with van der Waals surface area (Å²) in [6.45, 7) is 2.32. The molecule has 6 rings (SSSR count). The molecule has 7 heteroatoms. The monoisotopic (exact) mass is 470 g/mol. The summed E-state index contributed by atoms with van der Waals surface area (Å²) in [4.78, 5) is 54.5. The molecule has 178 valence electrons. The van der Waals surface area contributed by atoms with E-state index in [-0.39, 0.29) is 60.1 Å². The van der Waals surface area contributed by atoms with Gasteiger partial charge in [-0.05, 0) is 54.5 Å². The third-order valence-electron chi connectivity index (χ3n) is 7.88. The lowest BCUT2D eigenvalue weighted by atomic mass is 9.85. The maximum Gasteiger partial charge on any atom is 0.316 e. The minimum absolute atomic E-state index is 0.0796. The fourth-order valence-corrected chi connectivity index (χ4v) is 6.07. The van der Waals surface area contributed by atoms with E-state index < -0.39 is 11.9 Å². The summed E-state index contributed by atoms with van der Waals surface area (Å²) in [7, 11) is 0. The van der Waals surface area contributed by atoms with Gasteiger partial charge in [-0.2, -0.15) is 0 Å². The Morgan fingerprint density at radius 3 is 2.29 bits per heavy atom. The van der Waals surface area contributed by atoms with Gasteiger partial charge in [-0.15, -0.1) is 0 Å². The number of fused-ring (bicyclic) bond motifs is 5. The van der Waals surface area contributed by atoms with Crippen molar-refractivity contribution in [1.29, 1.82) is 0 Å². The number of hydrogen-bond acceptors (Lipinski definition) is 5. The number of carbonyl (C=O) groups excluding carboxylic acids is 4. The largest absolute Gasteiger partial charge is 0.426 e. The third-order valence-corrected chi connectivity index (χ3v) is 7.88. The first kappa shape index (κ1) is 21.8. The highest BCUT2D eigenvalue weighted by Crippen LogP contribution is 2.53. The van der Waals surface area contributed by atoms with E-state index in [9.17, 15) is 19.2 Å². The zero-order chi connectivity index (χ0) is 24.3. The van der Waals surface area contributed by atoms with Crippen molar-refractivity contribution in [3.63, 3.8) is 0 Å². The highest BCUT2D eigenvalue weighted by atomic mass is 16.5. The van der Waals surface area contributed by atoms with Crippen LogP contribution in [0.15, 0.2) is 60.7 Å². The van der Waals surface area contributed by atoms with Crippen LogP contribution in [0.1, 0.15) is 25.3 Å². The molecule has 2 aliphatic heterocycles. The average Bonchev–Trinajstić information content (AvgIpc) is 3.63. The lowest BCUT2D eigenvalue weighted by molar-refractivity contribution is -0.139. The van der Waals surface area contributed by atoms with Crippen molar-refractivity contribution < 1.29 is 23.9 Å². The van der Waals surface area contributed by atoms with Crippen molar-refractivity contribution in [3.8, 4) is 5.75 Å². The van der Waals surface area contributed by atoms with Gasteiger partial charge in [-0.25, -0.2) is 4.90 Å². The number of anilines is 2. The maximum atomic E-state index is 13.1. The number of ether oxygens (including phenoxy) is 1. The highest BCUT2D eigenvalue weighted by molar-refractivity contribution is 6.22. The van der Waals surface area contributed by atoms with Crippen LogP contribution in [0.4, 0.5) is 11.4 Å². The molecule has 4 aliphatic rings. The summed E-state index contributed by atoms with van der Waals surface area (Å²) >= 11 is 0. The van der Waals surface area contributed by atoms with Crippen molar-refractivity contribution in [2.45, 2.75) is 26.2 Å². The maximum absolute atomic E-state index is 13.1. The summed E-state index contributed by atoms with van der Waals surface area (Å²) in [6, 6.07) is 14.3.